The summed E-state index contributed by atoms with van der Waals surface area (Å²) < 4.78 is 4.98. The van der Waals surface area contributed by atoms with E-state index in [2.05, 4.69) is 5.32 Å². The maximum absolute atomic E-state index is 11.6. The van der Waals surface area contributed by atoms with Crippen LogP contribution in [0.4, 0.5) is 11.4 Å². The molecule has 0 amide bonds. The Hall–Kier alpha value is -2.29. The second kappa shape index (κ2) is 6.05. The molecule has 0 bridgehead atoms. The zero-order valence-corrected chi connectivity index (χ0v) is 11.1. The third-order valence-electron chi connectivity index (χ3n) is 2.79. The summed E-state index contributed by atoms with van der Waals surface area (Å²) in [6.07, 6.45) is 0. The van der Waals surface area contributed by atoms with Crippen molar-refractivity contribution in [1.82, 2.24) is 0 Å². The van der Waals surface area contributed by atoms with E-state index in [9.17, 15) is 4.79 Å². The monoisotopic (exact) mass is 255 g/mol. The largest absolute Gasteiger partial charge is 0.462 e. The summed E-state index contributed by atoms with van der Waals surface area (Å²) in [7, 11) is 0. The first-order chi connectivity index (χ1) is 9.20. The Balaban J connectivity index is 2.18. The van der Waals surface area contributed by atoms with Crippen LogP contribution in [0.3, 0.4) is 0 Å². The van der Waals surface area contributed by atoms with Crippen molar-refractivity contribution in [3.63, 3.8) is 0 Å². The molecule has 3 nitrogen and oxygen atoms in total. The number of para-hydroxylation sites is 1. The number of nitrogens with one attached hydrogen (secondary N) is 1. The van der Waals surface area contributed by atoms with Crippen LogP contribution >= 0.6 is 0 Å². The molecule has 0 heterocycles. The highest BCUT2D eigenvalue weighted by Crippen LogP contribution is 2.21. The topological polar surface area (TPSA) is 38.3 Å². The SMILES string of the molecule is CCOC(=O)c1ccc(Nc2ccccc2)c(C)c1. The van der Waals surface area contributed by atoms with Crippen LogP contribution in [0.5, 0.6) is 0 Å². The van der Waals surface area contributed by atoms with Gasteiger partial charge in [-0.15, -0.1) is 0 Å². The molecule has 0 aliphatic heterocycles. The van der Waals surface area contributed by atoms with Gasteiger partial charge >= 0.3 is 5.97 Å². The van der Waals surface area contributed by atoms with E-state index in [0.717, 1.165) is 16.9 Å². The van der Waals surface area contributed by atoms with Crippen LogP contribution < -0.4 is 5.32 Å². The van der Waals surface area contributed by atoms with Crippen LogP contribution in [0.1, 0.15) is 22.8 Å². The second-order valence-electron chi connectivity index (χ2n) is 4.24. The average molecular weight is 255 g/mol. The van der Waals surface area contributed by atoms with Crippen molar-refractivity contribution in [1.29, 1.82) is 0 Å². The van der Waals surface area contributed by atoms with Crippen molar-refractivity contribution >= 4 is 17.3 Å². The summed E-state index contributed by atoms with van der Waals surface area (Å²) in [5.41, 5.74) is 3.60. The third kappa shape index (κ3) is 3.35. The third-order valence-corrected chi connectivity index (χ3v) is 2.79. The molecule has 0 saturated heterocycles. The number of rotatable bonds is 4. The average Bonchev–Trinajstić information content (AvgIpc) is 2.42. The van der Waals surface area contributed by atoms with Gasteiger partial charge in [0, 0.05) is 11.4 Å². The highest BCUT2D eigenvalue weighted by Gasteiger charge is 2.08. The minimum Gasteiger partial charge on any atom is -0.462 e. The number of aryl methyl sites for hydroxylation is 1. The van der Waals surface area contributed by atoms with Gasteiger partial charge in [-0.3, -0.25) is 0 Å². The van der Waals surface area contributed by atoms with Gasteiger partial charge in [0.05, 0.1) is 12.2 Å². The van der Waals surface area contributed by atoms with E-state index in [1.807, 2.05) is 49.4 Å². The Morgan fingerprint density at radius 1 is 1.16 bits per heavy atom. The van der Waals surface area contributed by atoms with E-state index in [-0.39, 0.29) is 5.97 Å². The fraction of sp³-hybridized carbons (Fsp3) is 0.188. The predicted octanol–water partition coefficient (Wildman–Crippen LogP) is 3.92. The van der Waals surface area contributed by atoms with Crippen molar-refractivity contribution in [2.75, 3.05) is 11.9 Å². The van der Waals surface area contributed by atoms with Crippen molar-refractivity contribution in [2.45, 2.75) is 13.8 Å². The minimum atomic E-state index is -0.281. The minimum absolute atomic E-state index is 0.281. The molecule has 0 saturated carbocycles. The zero-order valence-electron chi connectivity index (χ0n) is 11.1. The maximum Gasteiger partial charge on any atom is 0.338 e. The fourth-order valence-corrected chi connectivity index (χ4v) is 1.82. The summed E-state index contributed by atoms with van der Waals surface area (Å²) in [4.78, 5) is 11.6. The van der Waals surface area contributed by atoms with Crippen LogP contribution in [-0.4, -0.2) is 12.6 Å². The van der Waals surface area contributed by atoms with Crippen LogP contribution in [0, 0.1) is 6.92 Å². The van der Waals surface area contributed by atoms with E-state index in [1.54, 1.807) is 13.0 Å². The lowest BCUT2D eigenvalue weighted by Gasteiger charge is -2.11. The van der Waals surface area contributed by atoms with Crippen molar-refractivity contribution < 1.29 is 9.53 Å². The second-order valence-corrected chi connectivity index (χ2v) is 4.24. The molecule has 0 spiro atoms. The summed E-state index contributed by atoms with van der Waals surface area (Å²) >= 11 is 0. The molecule has 0 fully saturated rings. The van der Waals surface area contributed by atoms with Crippen LogP contribution in [0.15, 0.2) is 48.5 Å². The Bertz CT molecular complexity index is 564. The molecule has 0 aromatic heterocycles. The number of hydrogen-bond donors (Lipinski definition) is 1. The highest BCUT2D eigenvalue weighted by molar-refractivity contribution is 5.90. The Kier molecular flexibility index (Phi) is 4.18. The number of benzene rings is 2. The number of esters is 1. The van der Waals surface area contributed by atoms with Crippen molar-refractivity contribution in [2.24, 2.45) is 0 Å². The number of carbonyl (C=O) groups is 1. The van der Waals surface area contributed by atoms with Gasteiger partial charge in [-0.25, -0.2) is 4.79 Å². The molecular weight excluding hydrogens is 238 g/mol. The normalized spacial score (nSPS) is 10.0. The fourth-order valence-electron chi connectivity index (χ4n) is 1.82. The summed E-state index contributed by atoms with van der Waals surface area (Å²) in [5, 5.41) is 3.32. The van der Waals surface area contributed by atoms with Gasteiger partial charge in [-0.1, -0.05) is 18.2 Å². The van der Waals surface area contributed by atoms with E-state index in [4.69, 9.17) is 4.74 Å². The maximum atomic E-state index is 11.6. The quantitative estimate of drug-likeness (QED) is 0.842. The molecule has 2 aromatic carbocycles. The molecule has 3 heteroatoms. The molecule has 0 atom stereocenters. The number of carbonyl (C=O) groups excluding carboxylic acids is 1. The summed E-state index contributed by atoms with van der Waals surface area (Å²) in [6, 6.07) is 15.4. The molecule has 0 radical (unpaired) electrons. The Morgan fingerprint density at radius 2 is 1.89 bits per heavy atom. The molecule has 2 rings (SSSR count). The van der Waals surface area contributed by atoms with Gasteiger partial charge < -0.3 is 10.1 Å². The van der Waals surface area contributed by atoms with Gasteiger partial charge in [-0.05, 0) is 49.7 Å². The zero-order chi connectivity index (χ0) is 13.7. The lowest BCUT2D eigenvalue weighted by Crippen LogP contribution is -2.05. The van der Waals surface area contributed by atoms with Gasteiger partial charge in [0.2, 0.25) is 0 Å². The molecule has 2 aromatic rings. The van der Waals surface area contributed by atoms with Gasteiger partial charge in [0.15, 0.2) is 0 Å². The molecule has 0 aliphatic carbocycles. The van der Waals surface area contributed by atoms with Gasteiger partial charge in [0.25, 0.3) is 0 Å². The Morgan fingerprint density at radius 3 is 2.53 bits per heavy atom. The van der Waals surface area contributed by atoms with Crippen LogP contribution in [-0.2, 0) is 4.74 Å². The highest BCUT2D eigenvalue weighted by atomic mass is 16.5. The summed E-state index contributed by atoms with van der Waals surface area (Å²) in [6.45, 7) is 4.16. The summed E-state index contributed by atoms with van der Waals surface area (Å²) in [5.74, 6) is -0.281. The van der Waals surface area contributed by atoms with Gasteiger partial charge in [0.1, 0.15) is 0 Å². The molecule has 19 heavy (non-hydrogen) atoms. The molecule has 1 N–H and O–H groups in total. The van der Waals surface area contributed by atoms with Crippen molar-refractivity contribution in [3.05, 3.63) is 59.7 Å². The number of hydrogen-bond acceptors (Lipinski definition) is 3. The van der Waals surface area contributed by atoms with E-state index in [0.29, 0.717) is 12.2 Å². The first-order valence-corrected chi connectivity index (χ1v) is 6.30. The molecule has 0 unspecified atom stereocenters. The Labute approximate surface area is 113 Å². The first kappa shape index (κ1) is 13.1. The predicted molar refractivity (Wildman–Crippen MR) is 76.9 cm³/mol. The lowest BCUT2D eigenvalue weighted by molar-refractivity contribution is 0.0526. The molecule has 0 aliphatic rings. The van der Waals surface area contributed by atoms with E-state index in [1.165, 1.54) is 0 Å². The first-order valence-electron chi connectivity index (χ1n) is 6.30. The number of anilines is 2. The lowest BCUT2D eigenvalue weighted by atomic mass is 10.1. The smallest absolute Gasteiger partial charge is 0.338 e. The number of ether oxygens (including phenoxy) is 1. The van der Waals surface area contributed by atoms with Crippen molar-refractivity contribution in [3.8, 4) is 0 Å². The van der Waals surface area contributed by atoms with Gasteiger partial charge in [-0.2, -0.15) is 0 Å². The van der Waals surface area contributed by atoms with Crippen LogP contribution in [0.25, 0.3) is 0 Å². The van der Waals surface area contributed by atoms with E-state index < -0.39 is 0 Å². The van der Waals surface area contributed by atoms with Crippen LogP contribution in [0.2, 0.25) is 0 Å². The molecular formula is C16H17NO2. The molecule has 98 valence electrons. The standard InChI is InChI=1S/C16H17NO2/c1-3-19-16(18)13-9-10-15(12(2)11-13)17-14-7-5-4-6-8-14/h4-11,17H,3H2,1-2H3. The van der Waals surface area contributed by atoms with E-state index >= 15 is 0 Å².